The number of carbonyl (C=O) groups is 1. The number of fused-ring (bicyclic) bond motifs is 1. The van der Waals surface area contributed by atoms with E-state index in [2.05, 4.69) is 30.7 Å². The summed E-state index contributed by atoms with van der Waals surface area (Å²) in [6, 6.07) is 0.864. The number of imidazole rings is 1. The van der Waals surface area contributed by atoms with Crippen LogP contribution in [0.15, 0.2) is 18.7 Å². The van der Waals surface area contributed by atoms with Gasteiger partial charge in [0.2, 0.25) is 11.9 Å². The molecule has 2 aliphatic rings. The predicted molar refractivity (Wildman–Crippen MR) is 105 cm³/mol. The van der Waals surface area contributed by atoms with Gasteiger partial charge in [-0.15, -0.1) is 0 Å². The summed E-state index contributed by atoms with van der Waals surface area (Å²) in [5.41, 5.74) is 7.78. The number of carbonyl (C=O) groups excluding carboxylic acids is 1. The molecule has 0 bridgehead atoms. The van der Waals surface area contributed by atoms with Crippen LogP contribution in [0.1, 0.15) is 44.6 Å². The third kappa shape index (κ3) is 3.37. The van der Waals surface area contributed by atoms with Crippen LogP contribution in [-0.2, 0) is 11.3 Å². The molecule has 0 spiro atoms. The van der Waals surface area contributed by atoms with Crippen molar-refractivity contribution in [3.8, 4) is 0 Å². The molecule has 146 valence electrons. The minimum Gasteiger partial charge on any atom is -0.368 e. The molecule has 2 saturated carbocycles. The molecular formula is C18H23N9O. The van der Waals surface area contributed by atoms with Crippen LogP contribution >= 0.6 is 0 Å². The Morgan fingerprint density at radius 2 is 2.04 bits per heavy atom. The Bertz CT molecular complexity index is 1010. The molecule has 4 N–H and O–H groups in total. The average molecular weight is 381 g/mol. The number of rotatable bonds is 6. The van der Waals surface area contributed by atoms with Gasteiger partial charge < -0.3 is 20.9 Å². The molecule has 0 aromatic carbocycles. The van der Waals surface area contributed by atoms with Crippen molar-refractivity contribution < 1.29 is 4.79 Å². The second-order valence-corrected chi connectivity index (χ2v) is 7.59. The molecule has 28 heavy (non-hydrogen) atoms. The van der Waals surface area contributed by atoms with E-state index in [-0.39, 0.29) is 18.4 Å². The highest BCUT2D eigenvalue weighted by atomic mass is 16.2. The van der Waals surface area contributed by atoms with E-state index < -0.39 is 0 Å². The quantitative estimate of drug-likeness (QED) is 0.595. The maximum absolute atomic E-state index is 12.5. The Morgan fingerprint density at radius 3 is 2.82 bits per heavy atom. The van der Waals surface area contributed by atoms with Crippen molar-refractivity contribution >= 4 is 34.5 Å². The van der Waals surface area contributed by atoms with Crippen molar-refractivity contribution in [2.45, 2.75) is 57.2 Å². The monoisotopic (exact) mass is 381 g/mol. The van der Waals surface area contributed by atoms with Crippen molar-refractivity contribution in [2.75, 3.05) is 16.4 Å². The summed E-state index contributed by atoms with van der Waals surface area (Å²) < 4.78 is 3.59. The molecule has 0 atom stereocenters. The molecule has 5 rings (SSSR count). The summed E-state index contributed by atoms with van der Waals surface area (Å²) in [6.45, 7) is 0.0877. The third-order valence-corrected chi connectivity index (χ3v) is 5.30. The molecule has 3 aromatic rings. The summed E-state index contributed by atoms with van der Waals surface area (Å²) in [6.07, 6.45) is 12.1. The zero-order valence-electron chi connectivity index (χ0n) is 15.5. The van der Waals surface area contributed by atoms with Crippen LogP contribution in [0.4, 0.5) is 17.5 Å². The van der Waals surface area contributed by atoms with Gasteiger partial charge in [-0.1, -0.05) is 12.8 Å². The standard InChI is InChI=1S/C18H23N9O/c19-18-24-16(23-11-3-1-2-4-11)15-17(25-18)26(10-20-15)9-14(28)22-12-7-21-27(8-12)13-5-6-13/h7-8,10-11,13H,1-6,9H2,(H,22,28)(H3,19,23,24,25). The van der Waals surface area contributed by atoms with Gasteiger partial charge in [-0.3, -0.25) is 9.48 Å². The lowest BCUT2D eigenvalue weighted by Crippen LogP contribution is -2.19. The zero-order chi connectivity index (χ0) is 19.1. The van der Waals surface area contributed by atoms with Gasteiger partial charge in [0.25, 0.3) is 0 Å². The number of hydrogen-bond donors (Lipinski definition) is 3. The molecule has 0 radical (unpaired) electrons. The minimum atomic E-state index is -0.169. The van der Waals surface area contributed by atoms with E-state index in [1.807, 2.05) is 10.9 Å². The number of nitrogens with one attached hydrogen (secondary N) is 2. The number of nitrogen functional groups attached to an aromatic ring is 1. The second-order valence-electron chi connectivity index (χ2n) is 7.59. The first-order chi connectivity index (χ1) is 13.7. The van der Waals surface area contributed by atoms with Gasteiger partial charge in [0.05, 0.1) is 24.3 Å². The first kappa shape index (κ1) is 17.0. The topological polar surface area (TPSA) is 129 Å². The highest BCUT2D eigenvalue weighted by molar-refractivity contribution is 5.92. The van der Waals surface area contributed by atoms with Crippen LogP contribution in [-0.4, -0.2) is 41.2 Å². The van der Waals surface area contributed by atoms with Gasteiger partial charge in [-0.25, -0.2) is 4.98 Å². The van der Waals surface area contributed by atoms with Crippen molar-refractivity contribution in [1.82, 2.24) is 29.3 Å². The fourth-order valence-electron chi connectivity index (χ4n) is 3.74. The summed E-state index contributed by atoms with van der Waals surface area (Å²) in [5, 5.41) is 10.6. The normalized spacial score (nSPS) is 17.3. The lowest BCUT2D eigenvalue weighted by Gasteiger charge is -2.13. The Labute approximate surface area is 161 Å². The molecule has 3 aromatic heterocycles. The number of aromatic nitrogens is 6. The van der Waals surface area contributed by atoms with Crippen molar-refractivity contribution in [1.29, 1.82) is 0 Å². The van der Waals surface area contributed by atoms with Crippen molar-refractivity contribution in [3.63, 3.8) is 0 Å². The van der Waals surface area contributed by atoms with Crippen LogP contribution in [0.25, 0.3) is 11.2 Å². The maximum atomic E-state index is 12.5. The average Bonchev–Trinajstić information content (AvgIpc) is 3.04. The molecule has 0 unspecified atom stereocenters. The molecule has 1 amide bonds. The van der Waals surface area contributed by atoms with Crippen molar-refractivity contribution in [2.24, 2.45) is 0 Å². The molecule has 0 aliphatic heterocycles. The van der Waals surface area contributed by atoms with E-state index in [1.54, 1.807) is 17.1 Å². The fourth-order valence-corrected chi connectivity index (χ4v) is 3.74. The number of anilines is 3. The summed E-state index contributed by atoms with van der Waals surface area (Å²) in [5.74, 6) is 0.636. The predicted octanol–water partition coefficient (Wildman–Crippen LogP) is 1.93. The number of nitrogens with zero attached hydrogens (tertiary/aromatic N) is 6. The van der Waals surface area contributed by atoms with E-state index in [0.717, 1.165) is 25.7 Å². The van der Waals surface area contributed by atoms with Crippen LogP contribution in [0.5, 0.6) is 0 Å². The van der Waals surface area contributed by atoms with E-state index in [1.165, 1.54) is 12.8 Å². The van der Waals surface area contributed by atoms with E-state index in [0.29, 0.717) is 34.8 Å². The number of nitrogens with two attached hydrogens (primary N) is 1. The van der Waals surface area contributed by atoms with Gasteiger partial charge in [-0.05, 0) is 25.7 Å². The van der Waals surface area contributed by atoms with Crippen LogP contribution < -0.4 is 16.4 Å². The third-order valence-electron chi connectivity index (χ3n) is 5.30. The lowest BCUT2D eigenvalue weighted by atomic mass is 10.2. The highest BCUT2D eigenvalue weighted by Gasteiger charge is 2.24. The molecule has 2 aliphatic carbocycles. The van der Waals surface area contributed by atoms with Crippen LogP contribution in [0, 0.1) is 0 Å². The van der Waals surface area contributed by atoms with Crippen LogP contribution in [0.3, 0.4) is 0 Å². The van der Waals surface area contributed by atoms with Gasteiger partial charge in [0.15, 0.2) is 17.0 Å². The lowest BCUT2D eigenvalue weighted by molar-refractivity contribution is -0.116. The summed E-state index contributed by atoms with van der Waals surface area (Å²) >= 11 is 0. The van der Waals surface area contributed by atoms with Crippen LogP contribution in [0.2, 0.25) is 0 Å². The Balaban J connectivity index is 1.33. The second kappa shape index (κ2) is 6.77. The smallest absolute Gasteiger partial charge is 0.244 e. The summed E-state index contributed by atoms with van der Waals surface area (Å²) in [4.78, 5) is 25.5. The number of hydrogen-bond acceptors (Lipinski definition) is 7. The van der Waals surface area contributed by atoms with Crippen molar-refractivity contribution in [3.05, 3.63) is 18.7 Å². The van der Waals surface area contributed by atoms with Gasteiger partial charge in [0, 0.05) is 12.2 Å². The van der Waals surface area contributed by atoms with Gasteiger partial charge in [0.1, 0.15) is 6.54 Å². The Kier molecular flexibility index (Phi) is 4.10. The minimum absolute atomic E-state index is 0.0877. The summed E-state index contributed by atoms with van der Waals surface area (Å²) in [7, 11) is 0. The molecular weight excluding hydrogens is 358 g/mol. The molecule has 0 saturated heterocycles. The SMILES string of the molecule is Nc1nc(NC2CCCC2)c2ncn(CC(=O)Nc3cnn(C4CC4)c3)c2n1. The van der Waals surface area contributed by atoms with E-state index in [4.69, 9.17) is 5.73 Å². The fraction of sp³-hybridized carbons (Fsp3) is 0.500. The molecule has 2 fully saturated rings. The molecule has 3 heterocycles. The van der Waals surface area contributed by atoms with Gasteiger partial charge >= 0.3 is 0 Å². The first-order valence-electron chi connectivity index (χ1n) is 9.74. The highest BCUT2D eigenvalue weighted by Crippen LogP contribution is 2.34. The molecule has 10 nitrogen and oxygen atoms in total. The molecule has 10 heteroatoms. The van der Waals surface area contributed by atoms with E-state index in [9.17, 15) is 4.79 Å². The first-order valence-corrected chi connectivity index (χ1v) is 9.74. The Hall–Kier alpha value is -3.17. The number of amides is 1. The maximum Gasteiger partial charge on any atom is 0.244 e. The van der Waals surface area contributed by atoms with Gasteiger partial charge in [-0.2, -0.15) is 15.1 Å². The van der Waals surface area contributed by atoms with E-state index >= 15 is 0 Å². The largest absolute Gasteiger partial charge is 0.368 e. The zero-order valence-corrected chi connectivity index (χ0v) is 15.5. The Morgan fingerprint density at radius 1 is 1.21 bits per heavy atom.